The van der Waals surface area contributed by atoms with Crippen LogP contribution >= 0.6 is 11.3 Å². The van der Waals surface area contributed by atoms with Crippen molar-refractivity contribution in [1.82, 2.24) is 10.1 Å². The third-order valence-electron chi connectivity index (χ3n) is 3.30. The van der Waals surface area contributed by atoms with Crippen LogP contribution in [0.4, 0.5) is 5.00 Å². The zero-order chi connectivity index (χ0) is 13.4. The summed E-state index contributed by atoms with van der Waals surface area (Å²) in [7, 11) is 0. The molecule has 0 fully saturated rings. The van der Waals surface area contributed by atoms with E-state index in [-0.39, 0.29) is 5.91 Å². The first-order valence-corrected chi connectivity index (χ1v) is 7.18. The van der Waals surface area contributed by atoms with Gasteiger partial charge in [-0.1, -0.05) is 5.16 Å². The van der Waals surface area contributed by atoms with Crippen molar-refractivity contribution >= 4 is 22.2 Å². The lowest BCUT2D eigenvalue weighted by Crippen LogP contribution is -2.31. The number of amides is 1. The predicted molar refractivity (Wildman–Crippen MR) is 72.7 cm³/mol. The molecule has 5 nitrogen and oxygen atoms in total. The molecule has 19 heavy (non-hydrogen) atoms. The maximum atomic E-state index is 12.6. The van der Waals surface area contributed by atoms with Gasteiger partial charge in [0.2, 0.25) is 0 Å². The first-order chi connectivity index (χ1) is 9.16. The van der Waals surface area contributed by atoms with Crippen LogP contribution in [0.3, 0.4) is 0 Å². The Labute approximate surface area is 115 Å². The molecule has 0 atom stereocenters. The monoisotopic (exact) mass is 277 g/mol. The predicted octanol–water partition coefficient (Wildman–Crippen LogP) is 2.73. The number of aromatic nitrogens is 2. The van der Waals surface area contributed by atoms with E-state index >= 15 is 0 Å². The van der Waals surface area contributed by atoms with E-state index in [0.29, 0.717) is 11.3 Å². The Balaban J connectivity index is 2.00. The lowest BCUT2D eigenvalue weighted by Gasteiger charge is -2.19. The fraction of sp³-hybridized carbons (Fsp3) is 0.462. The highest BCUT2D eigenvalue weighted by Gasteiger charge is 2.27. The highest BCUT2D eigenvalue weighted by atomic mass is 32.1. The summed E-state index contributed by atoms with van der Waals surface area (Å²) in [4.78, 5) is 19.0. The van der Waals surface area contributed by atoms with E-state index in [2.05, 4.69) is 10.1 Å². The summed E-state index contributed by atoms with van der Waals surface area (Å²) in [5, 5.41) is 5.68. The second-order valence-corrected chi connectivity index (χ2v) is 5.88. The smallest absolute Gasteiger partial charge is 0.264 e. The van der Waals surface area contributed by atoms with Gasteiger partial charge in [0, 0.05) is 6.54 Å². The number of anilines is 1. The van der Waals surface area contributed by atoms with E-state index in [0.717, 1.165) is 41.5 Å². The van der Waals surface area contributed by atoms with Crippen molar-refractivity contribution in [3.63, 3.8) is 0 Å². The second-order valence-electron chi connectivity index (χ2n) is 4.69. The molecule has 3 rings (SSSR count). The highest BCUT2D eigenvalue weighted by Crippen LogP contribution is 2.33. The molecule has 0 aliphatic carbocycles. The average Bonchev–Trinajstić information content (AvgIpc) is 2.90. The van der Waals surface area contributed by atoms with E-state index in [1.54, 1.807) is 18.3 Å². The molecule has 2 aromatic rings. The number of hydrogen-bond donors (Lipinski definition) is 0. The third kappa shape index (κ3) is 2.16. The molecule has 0 saturated carbocycles. The summed E-state index contributed by atoms with van der Waals surface area (Å²) >= 11 is 1.59. The molecule has 0 bridgehead atoms. The molecule has 0 aromatic carbocycles. The lowest BCUT2D eigenvalue weighted by atomic mass is 10.2. The number of hydrogen-bond acceptors (Lipinski definition) is 5. The van der Waals surface area contributed by atoms with Gasteiger partial charge in [-0.15, -0.1) is 11.3 Å². The van der Waals surface area contributed by atoms with Crippen LogP contribution in [0.25, 0.3) is 0 Å². The Bertz CT molecular complexity index is 617. The van der Waals surface area contributed by atoms with Crippen molar-refractivity contribution in [1.29, 1.82) is 0 Å². The summed E-state index contributed by atoms with van der Waals surface area (Å²) in [6.07, 6.45) is 4.52. The molecule has 0 saturated heterocycles. The number of carbonyl (C=O) groups excluding carboxylic acids is 1. The minimum Gasteiger partial charge on any atom is -0.361 e. The number of thiazole rings is 1. The Morgan fingerprint density at radius 3 is 3.00 bits per heavy atom. The number of nitrogens with zero attached hydrogens (tertiary/aromatic N) is 3. The first kappa shape index (κ1) is 12.3. The first-order valence-electron chi connectivity index (χ1n) is 6.36. The van der Waals surface area contributed by atoms with Gasteiger partial charge >= 0.3 is 0 Å². The van der Waals surface area contributed by atoms with Crippen LogP contribution in [0.15, 0.2) is 10.7 Å². The molecular formula is C13H15N3O2S. The lowest BCUT2D eigenvalue weighted by molar-refractivity contribution is 0.0986. The summed E-state index contributed by atoms with van der Waals surface area (Å²) in [6.45, 7) is 4.47. The van der Waals surface area contributed by atoms with Gasteiger partial charge in [-0.2, -0.15) is 0 Å². The van der Waals surface area contributed by atoms with Crippen molar-refractivity contribution < 1.29 is 9.32 Å². The molecule has 0 radical (unpaired) electrons. The Hall–Kier alpha value is -1.69. The van der Waals surface area contributed by atoms with Crippen LogP contribution in [0.2, 0.25) is 0 Å². The normalized spacial score (nSPS) is 15.2. The topological polar surface area (TPSA) is 59.2 Å². The summed E-state index contributed by atoms with van der Waals surface area (Å²) in [6, 6.07) is 0. The minimum atomic E-state index is -0.0365. The second kappa shape index (κ2) is 4.77. The molecule has 6 heteroatoms. The third-order valence-corrected chi connectivity index (χ3v) is 4.34. The molecule has 3 heterocycles. The number of rotatable bonds is 1. The molecule has 1 amide bonds. The highest BCUT2D eigenvalue weighted by molar-refractivity contribution is 7.16. The average molecular weight is 277 g/mol. The van der Waals surface area contributed by atoms with Crippen LogP contribution < -0.4 is 4.90 Å². The molecule has 0 unspecified atom stereocenters. The van der Waals surface area contributed by atoms with E-state index in [1.807, 2.05) is 11.8 Å². The maximum absolute atomic E-state index is 12.6. The van der Waals surface area contributed by atoms with Crippen molar-refractivity contribution in [2.45, 2.75) is 33.1 Å². The van der Waals surface area contributed by atoms with Gasteiger partial charge in [-0.25, -0.2) is 4.98 Å². The van der Waals surface area contributed by atoms with Gasteiger partial charge in [0.15, 0.2) is 0 Å². The van der Waals surface area contributed by atoms with Gasteiger partial charge in [-0.05, 0) is 33.1 Å². The molecule has 0 spiro atoms. The molecule has 2 aromatic heterocycles. The Morgan fingerprint density at radius 1 is 1.42 bits per heavy atom. The van der Waals surface area contributed by atoms with Crippen LogP contribution in [-0.4, -0.2) is 22.6 Å². The molecule has 100 valence electrons. The van der Waals surface area contributed by atoms with Gasteiger partial charge < -0.3 is 4.52 Å². The maximum Gasteiger partial charge on any atom is 0.264 e. The van der Waals surface area contributed by atoms with Gasteiger partial charge in [-0.3, -0.25) is 9.69 Å². The summed E-state index contributed by atoms with van der Waals surface area (Å²) in [5.41, 5.74) is 1.58. The summed E-state index contributed by atoms with van der Waals surface area (Å²) in [5.74, 6) is 0.530. The van der Waals surface area contributed by atoms with Crippen molar-refractivity contribution in [2.75, 3.05) is 11.4 Å². The van der Waals surface area contributed by atoms with Crippen LogP contribution in [0.5, 0.6) is 0 Å². The summed E-state index contributed by atoms with van der Waals surface area (Å²) < 4.78 is 4.99. The SMILES string of the molecule is Cc1nc2c(s1)N(C(=O)c1cnoc1C)CCCC2. The quantitative estimate of drug-likeness (QED) is 0.804. The molecule has 1 aliphatic rings. The molecule has 1 aliphatic heterocycles. The standard InChI is InChI=1S/C13H15N3O2S/c1-8-10(7-14-18-8)12(17)16-6-4-3-5-11-13(16)19-9(2)15-11/h7H,3-6H2,1-2H3. The van der Waals surface area contributed by atoms with Crippen LogP contribution in [0.1, 0.15) is 39.7 Å². The van der Waals surface area contributed by atoms with E-state index in [9.17, 15) is 4.79 Å². The zero-order valence-corrected chi connectivity index (χ0v) is 11.8. The van der Waals surface area contributed by atoms with Crippen LogP contribution in [-0.2, 0) is 6.42 Å². The fourth-order valence-corrected chi connectivity index (χ4v) is 3.33. The number of fused-ring (bicyclic) bond motifs is 1. The van der Waals surface area contributed by atoms with Crippen LogP contribution in [0, 0.1) is 13.8 Å². The fourth-order valence-electron chi connectivity index (χ4n) is 2.34. The van der Waals surface area contributed by atoms with Crippen molar-refractivity contribution in [3.8, 4) is 0 Å². The van der Waals surface area contributed by atoms with E-state index in [4.69, 9.17) is 4.52 Å². The van der Waals surface area contributed by atoms with Crippen molar-refractivity contribution in [2.24, 2.45) is 0 Å². The largest absolute Gasteiger partial charge is 0.361 e. The number of aryl methyl sites for hydroxylation is 3. The number of carbonyl (C=O) groups is 1. The van der Waals surface area contributed by atoms with E-state index < -0.39 is 0 Å². The van der Waals surface area contributed by atoms with Gasteiger partial charge in [0.1, 0.15) is 16.3 Å². The van der Waals surface area contributed by atoms with Gasteiger partial charge in [0.05, 0.1) is 16.9 Å². The Morgan fingerprint density at radius 2 is 2.26 bits per heavy atom. The van der Waals surface area contributed by atoms with Crippen molar-refractivity contribution in [3.05, 3.63) is 28.2 Å². The molecular weight excluding hydrogens is 262 g/mol. The molecule has 0 N–H and O–H groups in total. The minimum absolute atomic E-state index is 0.0365. The van der Waals surface area contributed by atoms with Gasteiger partial charge in [0.25, 0.3) is 5.91 Å². The zero-order valence-electron chi connectivity index (χ0n) is 11.0. The van der Waals surface area contributed by atoms with E-state index in [1.165, 1.54) is 6.20 Å². The Kier molecular flexibility index (Phi) is 3.10.